The summed E-state index contributed by atoms with van der Waals surface area (Å²) in [6.45, 7) is 7.95. The molecule has 0 aliphatic carbocycles. The Morgan fingerprint density at radius 3 is 2.76 bits per heavy atom. The molecule has 0 radical (unpaired) electrons. The summed E-state index contributed by atoms with van der Waals surface area (Å²) >= 11 is 2.07. The van der Waals surface area contributed by atoms with Crippen LogP contribution >= 0.6 is 11.8 Å². The number of thioether (sulfide) groups is 1. The molecule has 0 saturated carbocycles. The van der Waals surface area contributed by atoms with Crippen molar-refractivity contribution in [2.75, 3.05) is 6.54 Å². The van der Waals surface area contributed by atoms with Crippen LogP contribution in [-0.4, -0.2) is 17.8 Å². The molecule has 1 N–H and O–H groups in total. The summed E-state index contributed by atoms with van der Waals surface area (Å²) in [6.07, 6.45) is 2.48. The summed E-state index contributed by atoms with van der Waals surface area (Å²) < 4.78 is 0. The second-order valence-corrected chi connectivity index (χ2v) is 6.22. The Labute approximate surface area is 109 Å². The maximum atomic E-state index is 3.69. The van der Waals surface area contributed by atoms with Gasteiger partial charge in [0.25, 0.3) is 0 Å². The fourth-order valence-corrected chi connectivity index (χ4v) is 4.16. The van der Waals surface area contributed by atoms with E-state index >= 15 is 0 Å². The molecule has 17 heavy (non-hydrogen) atoms. The molecule has 2 heteroatoms. The third-order valence-electron chi connectivity index (χ3n) is 3.77. The molecule has 1 aromatic rings. The van der Waals surface area contributed by atoms with Crippen LogP contribution in [0, 0.1) is 5.92 Å². The zero-order valence-electron chi connectivity index (χ0n) is 11.1. The second kappa shape index (κ2) is 5.92. The van der Waals surface area contributed by atoms with E-state index in [1.54, 1.807) is 0 Å². The van der Waals surface area contributed by atoms with E-state index in [0.717, 1.165) is 12.5 Å². The molecule has 1 aliphatic heterocycles. The normalized spacial score (nSPS) is 22.2. The zero-order valence-corrected chi connectivity index (χ0v) is 11.9. The van der Waals surface area contributed by atoms with E-state index in [0.29, 0.717) is 11.3 Å². The molecule has 0 bridgehead atoms. The summed E-state index contributed by atoms with van der Waals surface area (Å²) in [5.41, 5.74) is 1.54. The van der Waals surface area contributed by atoms with Crippen molar-refractivity contribution in [3.05, 3.63) is 29.8 Å². The van der Waals surface area contributed by atoms with Gasteiger partial charge in [-0.15, -0.1) is 11.8 Å². The van der Waals surface area contributed by atoms with Gasteiger partial charge in [-0.05, 0) is 30.5 Å². The predicted octanol–water partition coefficient (Wildman–Crippen LogP) is 3.73. The highest BCUT2D eigenvalue weighted by atomic mass is 32.2. The lowest BCUT2D eigenvalue weighted by atomic mass is 9.93. The Kier molecular flexibility index (Phi) is 4.52. The fourth-order valence-electron chi connectivity index (χ4n) is 2.60. The molecule has 1 heterocycles. The molecule has 1 aliphatic rings. The first kappa shape index (κ1) is 13.0. The highest BCUT2D eigenvalue weighted by Gasteiger charge is 2.31. The molecule has 3 atom stereocenters. The summed E-state index contributed by atoms with van der Waals surface area (Å²) in [5, 5.41) is 4.40. The topological polar surface area (TPSA) is 12.0 Å². The molecular formula is C15H23NS. The Morgan fingerprint density at radius 2 is 2.12 bits per heavy atom. The maximum Gasteiger partial charge on any atom is 0.0291 e. The van der Waals surface area contributed by atoms with Crippen LogP contribution in [0.4, 0.5) is 0 Å². The summed E-state index contributed by atoms with van der Waals surface area (Å²) in [4.78, 5) is 1.49. The molecule has 0 aromatic heterocycles. The van der Waals surface area contributed by atoms with Crippen molar-refractivity contribution in [3.63, 3.8) is 0 Å². The van der Waals surface area contributed by atoms with E-state index in [1.165, 1.54) is 23.3 Å². The van der Waals surface area contributed by atoms with Gasteiger partial charge in [0.1, 0.15) is 0 Å². The number of benzene rings is 1. The van der Waals surface area contributed by atoms with Gasteiger partial charge in [0, 0.05) is 16.2 Å². The van der Waals surface area contributed by atoms with Gasteiger partial charge in [0.05, 0.1) is 0 Å². The first-order valence-corrected chi connectivity index (χ1v) is 7.62. The van der Waals surface area contributed by atoms with E-state index in [-0.39, 0.29) is 0 Å². The van der Waals surface area contributed by atoms with Gasteiger partial charge in [-0.2, -0.15) is 0 Å². The highest BCUT2D eigenvalue weighted by molar-refractivity contribution is 8.00. The Morgan fingerprint density at radius 1 is 1.35 bits per heavy atom. The van der Waals surface area contributed by atoms with Gasteiger partial charge in [0.15, 0.2) is 0 Å². The van der Waals surface area contributed by atoms with E-state index in [9.17, 15) is 0 Å². The minimum Gasteiger partial charge on any atom is -0.313 e. The van der Waals surface area contributed by atoms with Gasteiger partial charge in [-0.3, -0.25) is 0 Å². The summed E-state index contributed by atoms with van der Waals surface area (Å²) in [6, 6.07) is 9.50. The molecule has 0 amide bonds. The second-order valence-electron chi connectivity index (χ2n) is 4.94. The van der Waals surface area contributed by atoms with Crippen molar-refractivity contribution < 1.29 is 0 Å². The Hall–Kier alpha value is -0.470. The number of hydrogen-bond acceptors (Lipinski definition) is 2. The Balaban J connectivity index is 2.08. The van der Waals surface area contributed by atoms with Crippen LogP contribution in [0.3, 0.4) is 0 Å². The van der Waals surface area contributed by atoms with Crippen LogP contribution in [0.1, 0.15) is 32.8 Å². The van der Waals surface area contributed by atoms with E-state index < -0.39 is 0 Å². The highest BCUT2D eigenvalue weighted by Crippen LogP contribution is 2.40. The molecule has 0 spiro atoms. The van der Waals surface area contributed by atoms with Gasteiger partial charge >= 0.3 is 0 Å². The first-order chi connectivity index (χ1) is 8.26. The molecule has 1 aromatic carbocycles. The van der Waals surface area contributed by atoms with Gasteiger partial charge in [0.2, 0.25) is 0 Å². The van der Waals surface area contributed by atoms with Crippen molar-refractivity contribution in [3.8, 4) is 0 Å². The average molecular weight is 249 g/mol. The third-order valence-corrected chi connectivity index (χ3v) is 5.18. The van der Waals surface area contributed by atoms with Crippen molar-refractivity contribution in [1.82, 2.24) is 5.32 Å². The fraction of sp³-hybridized carbons (Fsp3) is 0.600. The Bertz CT molecular complexity index is 339. The molecular weight excluding hydrogens is 226 g/mol. The van der Waals surface area contributed by atoms with Crippen molar-refractivity contribution in [1.29, 1.82) is 0 Å². The van der Waals surface area contributed by atoms with Crippen molar-refractivity contribution >= 4 is 11.8 Å². The van der Waals surface area contributed by atoms with Crippen LogP contribution in [0.25, 0.3) is 0 Å². The molecule has 0 fully saturated rings. The van der Waals surface area contributed by atoms with Gasteiger partial charge in [-0.25, -0.2) is 0 Å². The lowest BCUT2D eigenvalue weighted by molar-refractivity contribution is 0.364. The molecule has 2 rings (SSSR count). The number of nitrogens with one attached hydrogen (secondary N) is 1. The quantitative estimate of drug-likeness (QED) is 0.853. The van der Waals surface area contributed by atoms with Gasteiger partial charge in [-0.1, -0.05) is 45.4 Å². The van der Waals surface area contributed by atoms with Crippen LogP contribution in [0.5, 0.6) is 0 Å². The van der Waals surface area contributed by atoms with E-state index in [2.05, 4.69) is 62.1 Å². The molecule has 1 nitrogen and oxygen atoms in total. The van der Waals surface area contributed by atoms with E-state index in [4.69, 9.17) is 0 Å². The lowest BCUT2D eigenvalue weighted by Gasteiger charge is -2.29. The van der Waals surface area contributed by atoms with Crippen molar-refractivity contribution in [2.45, 2.75) is 49.8 Å². The lowest BCUT2D eigenvalue weighted by Crippen LogP contribution is -2.42. The van der Waals surface area contributed by atoms with Crippen LogP contribution in [-0.2, 0) is 6.42 Å². The average Bonchev–Trinajstić information content (AvgIpc) is 2.78. The number of rotatable bonds is 5. The minimum atomic E-state index is 0.641. The standard InChI is InChI=1S/C15H23NS/c1-4-11(3)15(16-5-2)14-10-12-8-6-7-9-13(12)17-14/h6-9,11,14-16H,4-5,10H2,1-3H3. The third kappa shape index (κ3) is 2.86. The number of hydrogen-bond donors (Lipinski definition) is 1. The molecule has 94 valence electrons. The summed E-state index contributed by atoms with van der Waals surface area (Å²) in [5.74, 6) is 0.752. The smallest absolute Gasteiger partial charge is 0.0291 e. The van der Waals surface area contributed by atoms with Crippen LogP contribution < -0.4 is 5.32 Å². The van der Waals surface area contributed by atoms with Crippen molar-refractivity contribution in [2.24, 2.45) is 5.92 Å². The van der Waals surface area contributed by atoms with Gasteiger partial charge < -0.3 is 5.32 Å². The van der Waals surface area contributed by atoms with Crippen LogP contribution in [0.2, 0.25) is 0 Å². The van der Waals surface area contributed by atoms with E-state index in [1.807, 2.05) is 0 Å². The monoisotopic (exact) mass is 249 g/mol. The predicted molar refractivity (Wildman–Crippen MR) is 76.7 cm³/mol. The summed E-state index contributed by atoms with van der Waals surface area (Å²) in [7, 11) is 0. The molecule has 3 unspecified atom stereocenters. The minimum absolute atomic E-state index is 0.641. The first-order valence-electron chi connectivity index (χ1n) is 6.74. The maximum absolute atomic E-state index is 3.69. The molecule has 0 saturated heterocycles. The SMILES string of the molecule is CCNC(C(C)CC)C1Cc2ccccc2S1. The largest absolute Gasteiger partial charge is 0.313 e. The zero-order chi connectivity index (χ0) is 12.3. The number of fused-ring (bicyclic) bond motifs is 1. The van der Waals surface area contributed by atoms with Crippen LogP contribution in [0.15, 0.2) is 29.2 Å².